The zero-order valence-electron chi connectivity index (χ0n) is 18.4. The Morgan fingerprint density at radius 1 is 1.24 bits per heavy atom. The largest absolute Gasteiger partial charge is 0.377 e. The molecule has 1 saturated heterocycles. The fourth-order valence-electron chi connectivity index (χ4n) is 4.49. The molecule has 0 spiro atoms. The number of hydrogen-bond acceptors (Lipinski definition) is 7. The molecule has 0 amide bonds. The van der Waals surface area contributed by atoms with Crippen molar-refractivity contribution in [2.75, 3.05) is 24.7 Å². The Kier molecular flexibility index (Phi) is 4.59. The molecule has 5 aromatic rings. The summed E-state index contributed by atoms with van der Waals surface area (Å²) in [6.45, 7) is 6.14. The summed E-state index contributed by atoms with van der Waals surface area (Å²) in [5.41, 5.74) is 3.97. The summed E-state index contributed by atoms with van der Waals surface area (Å²) in [5.74, 6) is 2.25. The first-order valence-corrected chi connectivity index (χ1v) is 11.1. The Morgan fingerprint density at radius 3 is 2.91 bits per heavy atom. The van der Waals surface area contributed by atoms with Crippen LogP contribution in [0.25, 0.3) is 39.4 Å². The van der Waals surface area contributed by atoms with E-state index < -0.39 is 0 Å². The SMILES string of the molecule is Cc1cnn(C)c1-n1cnc2c(N3CCOC[C@H]3C)nc(-c3ccnc4[nH]cc(Cl)c34)nc21. The van der Waals surface area contributed by atoms with Gasteiger partial charge in [0.25, 0.3) is 0 Å². The van der Waals surface area contributed by atoms with Crippen molar-refractivity contribution in [1.82, 2.24) is 39.3 Å². The maximum Gasteiger partial charge on any atom is 0.171 e. The van der Waals surface area contributed by atoms with Gasteiger partial charge in [-0.25, -0.2) is 19.9 Å². The number of fused-ring (bicyclic) bond motifs is 2. The number of morpholine rings is 1. The van der Waals surface area contributed by atoms with Crippen LogP contribution in [0.4, 0.5) is 5.82 Å². The molecule has 6 heterocycles. The van der Waals surface area contributed by atoms with Gasteiger partial charge in [0, 0.05) is 42.5 Å². The molecule has 33 heavy (non-hydrogen) atoms. The number of aromatic amines is 1. The smallest absolute Gasteiger partial charge is 0.171 e. The number of nitrogens with zero attached hydrogens (tertiary/aromatic N) is 8. The van der Waals surface area contributed by atoms with Crippen molar-refractivity contribution in [3.8, 4) is 17.2 Å². The number of aromatic nitrogens is 8. The van der Waals surface area contributed by atoms with Crippen LogP contribution in [0.2, 0.25) is 5.02 Å². The van der Waals surface area contributed by atoms with Crippen molar-refractivity contribution in [3.63, 3.8) is 0 Å². The quantitative estimate of drug-likeness (QED) is 0.438. The average molecular weight is 464 g/mol. The maximum absolute atomic E-state index is 6.51. The zero-order chi connectivity index (χ0) is 22.7. The molecular weight excluding hydrogens is 442 g/mol. The first-order valence-electron chi connectivity index (χ1n) is 10.7. The summed E-state index contributed by atoms with van der Waals surface area (Å²) in [6, 6.07) is 2.05. The molecular formula is C22H22ClN9O. The van der Waals surface area contributed by atoms with E-state index in [4.69, 9.17) is 31.3 Å². The Balaban J connectivity index is 1.66. The van der Waals surface area contributed by atoms with Gasteiger partial charge in [0.15, 0.2) is 22.8 Å². The van der Waals surface area contributed by atoms with E-state index in [-0.39, 0.29) is 6.04 Å². The number of rotatable bonds is 3. The lowest BCUT2D eigenvalue weighted by Crippen LogP contribution is -2.44. The Morgan fingerprint density at radius 2 is 2.12 bits per heavy atom. The number of nitrogens with one attached hydrogen (secondary N) is 1. The monoisotopic (exact) mass is 463 g/mol. The minimum absolute atomic E-state index is 0.154. The summed E-state index contributed by atoms with van der Waals surface area (Å²) in [7, 11) is 1.91. The Labute approximate surface area is 194 Å². The van der Waals surface area contributed by atoms with E-state index in [0.717, 1.165) is 40.2 Å². The molecule has 1 atom stereocenters. The summed E-state index contributed by atoms with van der Waals surface area (Å²) >= 11 is 6.51. The number of imidazole rings is 1. The summed E-state index contributed by atoms with van der Waals surface area (Å²) in [5, 5.41) is 5.77. The second kappa shape index (κ2) is 7.53. The fourth-order valence-corrected chi connectivity index (χ4v) is 4.74. The maximum atomic E-state index is 6.51. The van der Waals surface area contributed by atoms with Gasteiger partial charge in [0.2, 0.25) is 0 Å². The predicted octanol–water partition coefficient (Wildman–Crippen LogP) is 3.28. The Bertz CT molecular complexity index is 1480. The second-order valence-electron chi connectivity index (χ2n) is 8.27. The molecule has 1 fully saturated rings. The van der Waals surface area contributed by atoms with Crippen LogP contribution in [-0.4, -0.2) is 65.1 Å². The molecule has 0 bridgehead atoms. The summed E-state index contributed by atoms with van der Waals surface area (Å²) in [4.78, 5) is 24.5. The van der Waals surface area contributed by atoms with Crippen LogP contribution < -0.4 is 4.90 Å². The molecule has 6 rings (SSSR count). The molecule has 0 radical (unpaired) electrons. The number of H-pyrrole nitrogens is 1. The predicted molar refractivity (Wildman–Crippen MR) is 126 cm³/mol. The molecule has 1 N–H and O–H groups in total. The lowest BCUT2D eigenvalue weighted by atomic mass is 10.1. The van der Waals surface area contributed by atoms with Gasteiger partial charge in [0.1, 0.15) is 17.8 Å². The van der Waals surface area contributed by atoms with E-state index in [2.05, 4.69) is 26.9 Å². The topological polar surface area (TPSA) is 103 Å². The third-order valence-corrected chi connectivity index (χ3v) is 6.39. The van der Waals surface area contributed by atoms with Crippen molar-refractivity contribution in [3.05, 3.63) is 41.6 Å². The van der Waals surface area contributed by atoms with Gasteiger partial charge in [-0.1, -0.05) is 11.6 Å². The lowest BCUT2D eigenvalue weighted by Gasteiger charge is -2.34. The van der Waals surface area contributed by atoms with E-state index in [1.54, 1.807) is 18.7 Å². The number of hydrogen-bond donors (Lipinski definition) is 1. The minimum atomic E-state index is 0.154. The molecule has 11 heteroatoms. The highest BCUT2D eigenvalue weighted by atomic mass is 35.5. The van der Waals surface area contributed by atoms with Crippen LogP contribution in [-0.2, 0) is 11.8 Å². The average Bonchev–Trinajstić information content (AvgIpc) is 3.50. The molecule has 0 saturated carbocycles. The first-order chi connectivity index (χ1) is 16.0. The fraction of sp³-hybridized carbons (Fsp3) is 0.318. The van der Waals surface area contributed by atoms with Crippen LogP contribution in [0.5, 0.6) is 0 Å². The van der Waals surface area contributed by atoms with Crippen molar-refractivity contribution in [2.24, 2.45) is 7.05 Å². The molecule has 0 unspecified atom stereocenters. The van der Waals surface area contributed by atoms with Gasteiger partial charge in [-0.3, -0.25) is 9.25 Å². The zero-order valence-corrected chi connectivity index (χ0v) is 19.2. The number of aryl methyl sites for hydroxylation is 2. The van der Waals surface area contributed by atoms with Crippen molar-refractivity contribution >= 4 is 39.6 Å². The molecule has 1 aliphatic heterocycles. The third-order valence-electron chi connectivity index (χ3n) is 6.10. The van der Waals surface area contributed by atoms with Gasteiger partial charge in [0.05, 0.1) is 30.5 Å². The lowest BCUT2D eigenvalue weighted by molar-refractivity contribution is 0.0987. The van der Waals surface area contributed by atoms with Crippen molar-refractivity contribution in [2.45, 2.75) is 19.9 Å². The van der Waals surface area contributed by atoms with E-state index in [0.29, 0.717) is 35.4 Å². The summed E-state index contributed by atoms with van der Waals surface area (Å²) in [6.07, 6.45) is 7.08. The highest BCUT2D eigenvalue weighted by molar-refractivity contribution is 6.36. The van der Waals surface area contributed by atoms with Crippen LogP contribution in [0.1, 0.15) is 12.5 Å². The van der Waals surface area contributed by atoms with Gasteiger partial charge >= 0.3 is 0 Å². The number of anilines is 1. The van der Waals surface area contributed by atoms with E-state index in [1.165, 1.54) is 0 Å². The molecule has 1 aliphatic rings. The van der Waals surface area contributed by atoms with Gasteiger partial charge < -0.3 is 14.6 Å². The highest BCUT2D eigenvalue weighted by Crippen LogP contribution is 2.35. The minimum Gasteiger partial charge on any atom is -0.377 e. The molecule has 10 nitrogen and oxygen atoms in total. The highest BCUT2D eigenvalue weighted by Gasteiger charge is 2.27. The van der Waals surface area contributed by atoms with E-state index in [1.807, 2.05) is 35.5 Å². The number of ether oxygens (including phenoxy) is 1. The third kappa shape index (κ3) is 3.09. The Hall–Kier alpha value is -3.50. The summed E-state index contributed by atoms with van der Waals surface area (Å²) < 4.78 is 9.46. The molecule has 5 aromatic heterocycles. The normalized spacial score (nSPS) is 16.8. The van der Waals surface area contributed by atoms with Gasteiger partial charge in [-0.05, 0) is 19.9 Å². The number of halogens is 1. The van der Waals surface area contributed by atoms with Crippen LogP contribution >= 0.6 is 11.6 Å². The van der Waals surface area contributed by atoms with Gasteiger partial charge in [-0.15, -0.1) is 0 Å². The standard InChI is InChI=1S/C22H22ClN9O/c1-12-8-27-30(3)22(12)32-11-26-17-20(31-6-7-33-10-13(31)2)28-18(29-21(17)32)14-4-5-24-19-16(14)15(23)9-25-19/h4-5,8-9,11,13H,6-7,10H2,1-3H3,(H,24,25)/t13-/m1/s1. The van der Waals surface area contributed by atoms with Gasteiger partial charge in [-0.2, -0.15) is 5.10 Å². The van der Waals surface area contributed by atoms with Crippen LogP contribution in [0.15, 0.2) is 31.0 Å². The molecule has 0 aliphatic carbocycles. The first kappa shape index (κ1) is 20.1. The number of pyridine rings is 1. The van der Waals surface area contributed by atoms with Crippen molar-refractivity contribution in [1.29, 1.82) is 0 Å². The van der Waals surface area contributed by atoms with Crippen LogP contribution in [0.3, 0.4) is 0 Å². The van der Waals surface area contributed by atoms with E-state index >= 15 is 0 Å². The van der Waals surface area contributed by atoms with E-state index in [9.17, 15) is 0 Å². The van der Waals surface area contributed by atoms with Crippen LogP contribution in [0, 0.1) is 6.92 Å². The molecule has 168 valence electrons. The second-order valence-corrected chi connectivity index (χ2v) is 8.68. The molecule has 0 aromatic carbocycles. The van der Waals surface area contributed by atoms with Crippen molar-refractivity contribution < 1.29 is 4.74 Å².